The Morgan fingerprint density at radius 2 is 2.60 bits per heavy atom. The fraction of sp³-hybridized carbons (Fsp3) is 0. The van der Waals surface area contributed by atoms with Gasteiger partial charge in [-0.15, -0.1) is 0 Å². The van der Waals surface area contributed by atoms with Gasteiger partial charge in [-0.25, -0.2) is 0 Å². The van der Waals surface area contributed by atoms with Crippen LogP contribution in [0.1, 0.15) is 0 Å². The molecular weight excluding hydrogens is 62.8 g/mol. The summed E-state index contributed by atoms with van der Waals surface area (Å²) in [5.41, 5.74) is 0. The van der Waals surface area contributed by atoms with Crippen LogP contribution >= 0.6 is 0 Å². The second-order valence-electron chi connectivity index (χ2n) is 0.793. The van der Waals surface area contributed by atoms with Crippen LogP contribution < -0.4 is 0 Å². The second-order valence-corrected chi connectivity index (χ2v) is 0.793. The van der Waals surface area contributed by atoms with Crippen molar-refractivity contribution in [2.24, 2.45) is 0 Å². The van der Waals surface area contributed by atoms with Crippen molar-refractivity contribution in [3.63, 3.8) is 0 Å². The molecule has 0 saturated heterocycles. The van der Waals surface area contributed by atoms with Gasteiger partial charge in [0.1, 0.15) is 0 Å². The first-order valence-electron chi connectivity index (χ1n) is 1.47. The van der Waals surface area contributed by atoms with Crippen molar-refractivity contribution in [1.82, 2.24) is 0 Å². The molecule has 5 heavy (non-hydrogen) atoms. The average Bonchev–Trinajstić information content (AvgIpc) is 1.76. The molecule has 0 saturated carbocycles. The van der Waals surface area contributed by atoms with Crippen molar-refractivity contribution in [2.45, 2.75) is 0 Å². The molecule has 0 spiro atoms. The van der Waals surface area contributed by atoms with Crippen LogP contribution in [0.4, 0.5) is 0 Å². The Hall–Kier alpha value is -0.525. The van der Waals surface area contributed by atoms with Gasteiger partial charge in [-0.05, 0) is 0 Å². The van der Waals surface area contributed by atoms with Gasteiger partial charge in [-0.3, -0.25) is 0 Å². The van der Waals surface area contributed by atoms with Gasteiger partial charge in [-0.1, -0.05) is 0 Å². The summed E-state index contributed by atoms with van der Waals surface area (Å²) in [5, 5.41) is 0. The van der Waals surface area contributed by atoms with E-state index in [4.69, 9.17) is 0 Å². The molecule has 0 bridgehead atoms. The Labute approximate surface area is 30.9 Å². The molecule has 0 N–H and O–H groups in total. The van der Waals surface area contributed by atoms with Gasteiger partial charge < -0.3 is 0 Å². The standard InChI is InChI=1S/C3H3BO/c1-2-4-5-3-1/h1-3H. The Morgan fingerprint density at radius 1 is 1.60 bits per heavy atom. The molecule has 0 aromatic carbocycles. The summed E-state index contributed by atoms with van der Waals surface area (Å²) in [6.07, 6.45) is 1.62. The van der Waals surface area contributed by atoms with Crippen molar-refractivity contribution in [3.8, 4) is 0 Å². The number of hydrogen-bond donors (Lipinski definition) is 0. The van der Waals surface area contributed by atoms with Crippen LogP contribution in [-0.4, -0.2) is 7.13 Å². The minimum absolute atomic E-state index is 1.62. The molecule has 1 aromatic rings. The minimum atomic E-state index is 1.62. The average molecular weight is 65.9 g/mol. The molecule has 0 atom stereocenters. The zero-order valence-electron chi connectivity index (χ0n) is 2.72. The summed E-state index contributed by atoms with van der Waals surface area (Å²) in [6, 6.07) is 1.83. The van der Waals surface area contributed by atoms with E-state index in [2.05, 4.69) is 4.33 Å². The van der Waals surface area contributed by atoms with Crippen LogP contribution in [0, 0.1) is 0 Å². The normalized spacial score (nSPS) is 7.20. The molecule has 0 aliphatic rings. The van der Waals surface area contributed by atoms with E-state index in [1.165, 1.54) is 0 Å². The summed E-state index contributed by atoms with van der Waals surface area (Å²) >= 11 is 0. The van der Waals surface area contributed by atoms with E-state index in [9.17, 15) is 0 Å². The van der Waals surface area contributed by atoms with Crippen LogP contribution in [0.5, 0.6) is 0 Å². The second kappa shape index (κ2) is 1.06. The monoisotopic (exact) mass is 66.0 g/mol. The number of hydrogen-bond acceptors (Lipinski definition) is 1. The van der Waals surface area contributed by atoms with E-state index in [-0.39, 0.29) is 0 Å². The van der Waals surface area contributed by atoms with Gasteiger partial charge in [-0.2, -0.15) is 0 Å². The molecule has 2 heteroatoms. The first kappa shape index (κ1) is 2.70. The van der Waals surface area contributed by atoms with Crippen molar-refractivity contribution in [1.29, 1.82) is 0 Å². The Bertz CT molecular complexity index is 63.4. The zero-order chi connectivity index (χ0) is 3.54. The molecule has 1 heterocycles. The van der Waals surface area contributed by atoms with Gasteiger partial charge in [0.05, 0.1) is 0 Å². The molecular formula is C3H3BO. The SMILES string of the molecule is b1ccco1. The van der Waals surface area contributed by atoms with E-state index < -0.39 is 0 Å². The quantitative estimate of drug-likeness (QED) is 0.432. The van der Waals surface area contributed by atoms with Crippen LogP contribution in [0.15, 0.2) is 22.6 Å². The summed E-state index contributed by atoms with van der Waals surface area (Å²) in [5.74, 6) is 1.83. The van der Waals surface area contributed by atoms with Crippen molar-refractivity contribution in [3.05, 3.63) is 18.3 Å². The van der Waals surface area contributed by atoms with Crippen molar-refractivity contribution in [2.75, 3.05) is 0 Å². The zero-order valence-corrected chi connectivity index (χ0v) is 2.72. The Morgan fingerprint density at radius 3 is 2.80 bits per heavy atom. The van der Waals surface area contributed by atoms with E-state index in [1.807, 2.05) is 12.0 Å². The third-order valence-electron chi connectivity index (χ3n) is 0.425. The van der Waals surface area contributed by atoms with Crippen molar-refractivity contribution >= 4 is 7.13 Å². The van der Waals surface area contributed by atoms with Gasteiger partial charge in [0, 0.05) is 0 Å². The van der Waals surface area contributed by atoms with Gasteiger partial charge >= 0.3 is 29.7 Å². The van der Waals surface area contributed by atoms with Crippen molar-refractivity contribution < 1.29 is 4.33 Å². The summed E-state index contributed by atoms with van der Waals surface area (Å²) in [4.78, 5) is 0. The third-order valence-corrected chi connectivity index (χ3v) is 0.425. The predicted molar refractivity (Wildman–Crippen MR) is 20.1 cm³/mol. The molecule has 1 aromatic heterocycles. The summed E-state index contributed by atoms with van der Waals surface area (Å²) < 4.78 is 4.58. The molecule has 24 valence electrons. The Kier molecular flexibility index (Phi) is 0.574. The first-order chi connectivity index (χ1) is 2.50. The summed E-state index contributed by atoms with van der Waals surface area (Å²) in [7, 11) is 1.62. The maximum absolute atomic E-state index is 4.58. The first-order valence-corrected chi connectivity index (χ1v) is 1.47. The van der Waals surface area contributed by atoms with Gasteiger partial charge in [0.2, 0.25) is 0 Å². The van der Waals surface area contributed by atoms with Crippen LogP contribution in [0.2, 0.25) is 0 Å². The fourth-order valence-corrected chi connectivity index (χ4v) is 0.227. The molecule has 0 radical (unpaired) electrons. The molecule has 1 nitrogen and oxygen atoms in total. The molecule has 0 unspecified atom stereocenters. The van der Waals surface area contributed by atoms with Crippen LogP contribution in [0.25, 0.3) is 0 Å². The van der Waals surface area contributed by atoms with E-state index in [0.29, 0.717) is 0 Å². The van der Waals surface area contributed by atoms with E-state index in [1.54, 1.807) is 13.4 Å². The molecule has 0 aliphatic carbocycles. The van der Waals surface area contributed by atoms with Crippen LogP contribution in [0.3, 0.4) is 0 Å². The fourth-order valence-electron chi connectivity index (χ4n) is 0.227. The third kappa shape index (κ3) is 0.378. The van der Waals surface area contributed by atoms with E-state index >= 15 is 0 Å². The van der Waals surface area contributed by atoms with Gasteiger partial charge in [0.15, 0.2) is 0 Å². The molecule has 0 amide bonds. The predicted octanol–water partition coefficient (Wildman–Crippen LogP) is 0.618. The molecule has 0 aliphatic heterocycles. The Balaban J connectivity index is 3.13. The topological polar surface area (TPSA) is 13.1 Å². The molecule has 0 fully saturated rings. The maximum atomic E-state index is 4.58. The van der Waals surface area contributed by atoms with Gasteiger partial charge in [0.25, 0.3) is 0 Å². The number of rotatable bonds is 0. The van der Waals surface area contributed by atoms with E-state index in [0.717, 1.165) is 0 Å². The van der Waals surface area contributed by atoms with Crippen LogP contribution in [-0.2, 0) is 0 Å². The molecule has 1 rings (SSSR count). The summed E-state index contributed by atoms with van der Waals surface area (Å²) in [6.45, 7) is 0.